The van der Waals surface area contributed by atoms with Crippen molar-refractivity contribution in [3.63, 3.8) is 0 Å². The molecule has 0 unspecified atom stereocenters. The zero-order valence-corrected chi connectivity index (χ0v) is 11.9. The molecule has 1 amide bonds. The first-order chi connectivity index (χ1) is 9.47. The van der Waals surface area contributed by atoms with E-state index >= 15 is 0 Å². The Kier molecular flexibility index (Phi) is 4.34. The van der Waals surface area contributed by atoms with Crippen LogP contribution in [0.3, 0.4) is 0 Å². The predicted molar refractivity (Wildman–Crippen MR) is 76.1 cm³/mol. The smallest absolute Gasteiger partial charge is 0.253 e. The monoisotopic (exact) mass is 340 g/mol. The van der Waals surface area contributed by atoms with Crippen LogP contribution in [0.15, 0.2) is 40.9 Å². The minimum atomic E-state index is -0.946. The second kappa shape index (κ2) is 6.00. The fourth-order valence-corrected chi connectivity index (χ4v) is 2.01. The maximum atomic E-state index is 13.0. The van der Waals surface area contributed by atoms with Gasteiger partial charge in [-0.2, -0.15) is 0 Å². The largest absolute Gasteiger partial charge is 0.398 e. The van der Waals surface area contributed by atoms with Gasteiger partial charge in [0.05, 0.1) is 5.56 Å². The normalized spacial score (nSPS) is 10.3. The number of nitrogens with one attached hydrogen (secondary N) is 1. The number of nitrogens with two attached hydrogens (primary N) is 1. The zero-order valence-electron chi connectivity index (χ0n) is 10.3. The SMILES string of the molecule is Nc1ccc(Br)cc1C(=O)NCc1ccc(F)c(F)c1. The molecule has 6 heteroatoms. The highest BCUT2D eigenvalue weighted by Gasteiger charge is 2.10. The van der Waals surface area contributed by atoms with Crippen molar-refractivity contribution in [2.24, 2.45) is 0 Å². The summed E-state index contributed by atoms with van der Waals surface area (Å²) in [6.45, 7) is 0.0853. The van der Waals surface area contributed by atoms with Gasteiger partial charge in [0.2, 0.25) is 0 Å². The third-order valence-corrected chi connectivity index (χ3v) is 3.19. The molecule has 20 heavy (non-hydrogen) atoms. The van der Waals surface area contributed by atoms with Crippen LogP contribution in [0.1, 0.15) is 15.9 Å². The number of nitrogen functional groups attached to an aromatic ring is 1. The van der Waals surface area contributed by atoms with Gasteiger partial charge in [-0.25, -0.2) is 8.78 Å². The molecule has 0 heterocycles. The van der Waals surface area contributed by atoms with Gasteiger partial charge in [0.25, 0.3) is 5.91 Å². The fraction of sp³-hybridized carbons (Fsp3) is 0.0714. The van der Waals surface area contributed by atoms with Crippen LogP contribution in [0.5, 0.6) is 0 Å². The number of benzene rings is 2. The fourth-order valence-electron chi connectivity index (χ4n) is 1.65. The van der Waals surface area contributed by atoms with Gasteiger partial charge in [-0.1, -0.05) is 22.0 Å². The van der Waals surface area contributed by atoms with Crippen LogP contribution in [0.25, 0.3) is 0 Å². The van der Waals surface area contributed by atoms with Crippen molar-refractivity contribution in [3.8, 4) is 0 Å². The first-order valence-corrected chi connectivity index (χ1v) is 6.54. The van der Waals surface area contributed by atoms with Gasteiger partial charge in [0.15, 0.2) is 11.6 Å². The molecule has 0 radical (unpaired) electrons. The van der Waals surface area contributed by atoms with Crippen LogP contribution in [0.2, 0.25) is 0 Å². The number of amides is 1. The highest BCUT2D eigenvalue weighted by Crippen LogP contribution is 2.18. The molecule has 0 spiro atoms. The Labute approximate surface area is 122 Å². The second-order valence-corrected chi connectivity index (χ2v) is 5.08. The maximum absolute atomic E-state index is 13.0. The molecule has 0 aromatic heterocycles. The van der Waals surface area contributed by atoms with E-state index in [1.54, 1.807) is 18.2 Å². The summed E-state index contributed by atoms with van der Waals surface area (Å²) in [4.78, 5) is 12.0. The molecule has 2 aromatic rings. The van der Waals surface area contributed by atoms with Crippen molar-refractivity contribution in [3.05, 3.63) is 63.6 Å². The summed E-state index contributed by atoms with van der Waals surface area (Å²) in [6.07, 6.45) is 0. The third-order valence-electron chi connectivity index (χ3n) is 2.70. The number of halogens is 3. The zero-order chi connectivity index (χ0) is 14.7. The summed E-state index contributed by atoms with van der Waals surface area (Å²) in [5.74, 6) is -2.25. The molecule has 0 atom stereocenters. The van der Waals surface area contributed by atoms with E-state index in [0.717, 1.165) is 16.6 Å². The van der Waals surface area contributed by atoms with Crippen molar-refractivity contribution in [1.82, 2.24) is 5.32 Å². The minimum Gasteiger partial charge on any atom is -0.398 e. The van der Waals surface area contributed by atoms with Crippen LogP contribution >= 0.6 is 15.9 Å². The molecule has 0 saturated carbocycles. The molecule has 0 aliphatic rings. The topological polar surface area (TPSA) is 55.1 Å². The lowest BCUT2D eigenvalue weighted by atomic mass is 10.1. The lowest BCUT2D eigenvalue weighted by Crippen LogP contribution is -2.23. The summed E-state index contributed by atoms with van der Waals surface area (Å²) in [5.41, 5.74) is 6.84. The first-order valence-electron chi connectivity index (χ1n) is 5.74. The van der Waals surface area contributed by atoms with E-state index in [1.807, 2.05) is 0 Å². The summed E-state index contributed by atoms with van der Waals surface area (Å²) < 4.78 is 26.5. The van der Waals surface area contributed by atoms with Crippen LogP contribution in [-0.2, 0) is 6.54 Å². The Morgan fingerprint density at radius 1 is 1.15 bits per heavy atom. The molecule has 2 rings (SSSR count). The molecule has 0 fully saturated rings. The van der Waals surface area contributed by atoms with Gasteiger partial charge < -0.3 is 11.1 Å². The van der Waals surface area contributed by atoms with E-state index in [0.29, 0.717) is 16.8 Å². The van der Waals surface area contributed by atoms with Crippen LogP contribution in [0, 0.1) is 11.6 Å². The second-order valence-electron chi connectivity index (χ2n) is 4.16. The standard InChI is InChI=1S/C14H11BrF2N2O/c15-9-2-4-13(18)10(6-9)14(20)19-7-8-1-3-11(16)12(17)5-8/h1-6H,7,18H2,(H,19,20). The maximum Gasteiger partial charge on any atom is 0.253 e. The number of rotatable bonds is 3. The molecule has 0 aliphatic heterocycles. The molecule has 0 saturated heterocycles. The summed E-state index contributed by atoms with van der Waals surface area (Å²) in [6, 6.07) is 8.39. The highest BCUT2D eigenvalue weighted by molar-refractivity contribution is 9.10. The highest BCUT2D eigenvalue weighted by atomic mass is 79.9. The summed E-state index contributed by atoms with van der Waals surface area (Å²) in [7, 11) is 0. The van der Waals surface area contributed by atoms with Gasteiger partial charge in [-0.05, 0) is 35.9 Å². The van der Waals surface area contributed by atoms with E-state index < -0.39 is 11.6 Å². The lowest BCUT2D eigenvalue weighted by molar-refractivity contribution is 0.0951. The first kappa shape index (κ1) is 14.5. The van der Waals surface area contributed by atoms with Crippen molar-refractivity contribution in [1.29, 1.82) is 0 Å². The molecule has 104 valence electrons. The number of carbonyl (C=O) groups is 1. The number of carbonyl (C=O) groups excluding carboxylic acids is 1. The molecular formula is C14H11BrF2N2O. The van der Waals surface area contributed by atoms with Gasteiger partial charge >= 0.3 is 0 Å². The molecule has 2 aromatic carbocycles. The van der Waals surface area contributed by atoms with Crippen LogP contribution in [-0.4, -0.2) is 5.91 Å². The summed E-state index contributed by atoms with van der Waals surface area (Å²) >= 11 is 3.25. The van der Waals surface area contributed by atoms with Crippen molar-refractivity contribution >= 4 is 27.5 Å². The van der Waals surface area contributed by atoms with Gasteiger partial charge in [0.1, 0.15) is 0 Å². The van der Waals surface area contributed by atoms with Crippen molar-refractivity contribution in [2.75, 3.05) is 5.73 Å². The van der Waals surface area contributed by atoms with E-state index in [2.05, 4.69) is 21.2 Å². The quantitative estimate of drug-likeness (QED) is 0.842. The Morgan fingerprint density at radius 2 is 1.90 bits per heavy atom. The number of anilines is 1. The molecule has 3 nitrogen and oxygen atoms in total. The molecule has 0 bridgehead atoms. The summed E-state index contributed by atoms with van der Waals surface area (Å²) in [5, 5.41) is 2.60. The van der Waals surface area contributed by atoms with Crippen LogP contribution < -0.4 is 11.1 Å². The lowest BCUT2D eigenvalue weighted by Gasteiger charge is -2.08. The average Bonchev–Trinajstić information content (AvgIpc) is 2.42. The van der Waals surface area contributed by atoms with Gasteiger partial charge in [-0.15, -0.1) is 0 Å². The Balaban J connectivity index is 2.08. The van der Waals surface area contributed by atoms with Crippen LogP contribution in [0.4, 0.5) is 14.5 Å². The van der Waals surface area contributed by atoms with Crippen molar-refractivity contribution in [2.45, 2.75) is 6.54 Å². The van der Waals surface area contributed by atoms with E-state index in [9.17, 15) is 13.6 Å². The Hall–Kier alpha value is -1.95. The van der Waals surface area contributed by atoms with Gasteiger partial charge in [-0.3, -0.25) is 4.79 Å². The molecule has 0 aliphatic carbocycles. The minimum absolute atomic E-state index is 0.0853. The van der Waals surface area contributed by atoms with E-state index in [4.69, 9.17) is 5.73 Å². The predicted octanol–water partition coefficient (Wildman–Crippen LogP) is 3.24. The van der Waals surface area contributed by atoms with Gasteiger partial charge in [0, 0.05) is 16.7 Å². The third kappa shape index (κ3) is 3.33. The Bertz CT molecular complexity index is 662. The molecular weight excluding hydrogens is 330 g/mol. The van der Waals surface area contributed by atoms with Crippen molar-refractivity contribution < 1.29 is 13.6 Å². The van der Waals surface area contributed by atoms with E-state index in [1.165, 1.54) is 6.07 Å². The van der Waals surface area contributed by atoms with E-state index in [-0.39, 0.29) is 12.5 Å². The molecule has 3 N–H and O–H groups in total. The Morgan fingerprint density at radius 3 is 2.60 bits per heavy atom. The number of hydrogen-bond donors (Lipinski definition) is 2. The average molecular weight is 341 g/mol. The number of hydrogen-bond acceptors (Lipinski definition) is 2.